The smallest absolute Gasteiger partial charge is 0.240 e. The maximum Gasteiger partial charge on any atom is 0.240 e. The first-order chi connectivity index (χ1) is 9.38. The molecule has 1 unspecified atom stereocenters. The van der Waals surface area contributed by atoms with Crippen LogP contribution < -0.4 is 4.72 Å². The summed E-state index contributed by atoms with van der Waals surface area (Å²) >= 11 is 0. The van der Waals surface area contributed by atoms with Crippen molar-refractivity contribution in [1.82, 2.24) is 14.5 Å². The lowest BCUT2D eigenvalue weighted by atomic mass is 10.3. The van der Waals surface area contributed by atoms with Crippen molar-refractivity contribution in [3.63, 3.8) is 0 Å². The third kappa shape index (κ3) is 3.46. The van der Waals surface area contributed by atoms with Gasteiger partial charge >= 0.3 is 0 Å². The summed E-state index contributed by atoms with van der Waals surface area (Å²) in [4.78, 5) is 0.278. The van der Waals surface area contributed by atoms with Gasteiger partial charge < -0.3 is 0 Å². The van der Waals surface area contributed by atoms with Gasteiger partial charge in [0.15, 0.2) is 0 Å². The van der Waals surface area contributed by atoms with Crippen LogP contribution in [0.5, 0.6) is 0 Å². The number of sulfonamides is 1. The average Bonchev–Trinajstić information content (AvgIpc) is 2.68. The minimum absolute atomic E-state index is 0.238. The van der Waals surface area contributed by atoms with Crippen LogP contribution in [0.1, 0.15) is 18.3 Å². The third-order valence-electron chi connectivity index (χ3n) is 2.96. The predicted octanol–water partition coefficient (Wildman–Crippen LogP) is 1.87. The van der Waals surface area contributed by atoms with Crippen molar-refractivity contribution < 1.29 is 8.42 Å². The Balaban J connectivity index is 2.08. The molecule has 1 aromatic heterocycles. The molecule has 0 saturated carbocycles. The van der Waals surface area contributed by atoms with E-state index in [1.165, 1.54) is 0 Å². The van der Waals surface area contributed by atoms with Gasteiger partial charge in [-0.15, -0.1) is 0 Å². The predicted molar refractivity (Wildman–Crippen MR) is 77.9 cm³/mol. The number of nitrogens with zero attached hydrogens (tertiary/aromatic N) is 2. The quantitative estimate of drug-likeness (QED) is 0.915. The van der Waals surface area contributed by atoms with Gasteiger partial charge in [0.2, 0.25) is 10.0 Å². The molecule has 0 radical (unpaired) electrons. The SMILES string of the molecule is Cc1cc(C)n(CC(C)NS(=O)(=O)c2ccccc2)n1. The fraction of sp³-hybridized carbons (Fsp3) is 0.357. The summed E-state index contributed by atoms with van der Waals surface area (Å²) < 4.78 is 28.8. The standard InChI is InChI=1S/C14H19N3O2S/c1-11-9-13(3)17(15-11)10-12(2)16-20(18,19)14-7-5-4-6-8-14/h4-9,12,16H,10H2,1-3H3. The highest BCUT2D eigenvalue weighted by Crippen LogP contribution is 2.09. The van der Waals surface area contributed by atoms with Gasteiger partial charge in [0.25, 0.3) is 0 Å². The number of hydrogen-bond donors (Lipinski definition) is 1. The fourth-order valence-electron chi connectivity index (χ4n) is 2.09. The molecule has 0 aliphatic heterocycles. The van der Waals surface area contributed by atoms with E-state index in [2.05, 4.69) is 9.82 Å². The monoisotopic (exact) mass is 293 g/mol. The lowest BCUT2D eigenvalue weighted by Gasteiger charge is -2.15. The molecule has 20 heavy (non-hydrogen) atoms. The van der Waals surface area contributed by atoms with E-state index in [0.29, 0.717) is 6.54 Å². The van der Waals surface area contributed by atoms with Crippen LogP contribution in [0.15, 0.2) is 41.3 Å². The van der Waals surface area contributed by atoms with Crippen LogP contribution in [0.3, 0.4) is 0 Å². The zero-order valence-electron chi connectivity index (χ0n) is 11.9. The Morgan fingerprint density at radius 1 is 1.25 bits per heavy atom. The molecule has 0 aliphatic rings. The van der Waals surface area contributed by atoms with Gasteiger partial charge in [-0.1, -0.05) is 18.2 Å². The largest absolute Gasteiger partial charge is 0.268 e. The minimum Gasteiger partial charge on any atom is -0.268 e. The number of aryl methyl sites for hydroxylation is 2. The molecule has 0 fully saturated rings. The molecule has 1 atom stereocenters. The van der Waals surface area contributed by atoms with E-state index in [1.54, 1.807) is 30.3 Å². The van der Waals surface area contributed by atoms with Gasteiger partial charge in [0, 0.05) is 11.7 Å². The van der Waals surface area contributed by atoms with Crippen molar-refractivity contribution in [2.75, 3.05) is 0 Å². The van der Waals surface area contributed by atoms with Crippen molar-refractivity contribution >= 4 is 10.0 Å². The van der Waals surface area contributed by atoms with E-state index in [4.69, 9.17) is 0 Å². The van der Waals surface area contributed by atoms with Crippen molar-refractivity contribution in [1.29, 1.82) is 0 Å². The van der Waals surface area contributed by atoms with Crippen LogP contribution >= 0.6 is 0 Å². The van der Waals surface area contributed by atoms with Crippen LogP contribution in [0.25, 0.3) is 0 Å². The first-order valence-corrected chi connectivity index (χ1v) is 7.95. The maximum atomic E-state index is 12.2. The van der Waals surface area contributed by atoms with E-state index in [1.807, 2.05) is 31.5 Å². The topological polar surface area (TPSA) is 64.0 Å². The Morgan fingerprint density at radius 3 is 2.45 bits per heavy atom. The van der Waals surface area contributed by atoms with Gasteiger partial charge in [-0.25, -0.2) is 13.1 Å². The van der Waals surface area contributed by atoms with E-state index in [0.717, 1.165) is 11.4 Å². The second-order valence-electron chi connectivity index (χ2n) is 4.94. The van der Waals surface area contributed by atoms with Gasteiger partial charge in [0.1, 0.15) is 0 Å². The van der Waals surface area contributed by atoms with Crippen molar-refractivity contribution in [3.8, 4) is 0 Å². The summed E-state index contributed by atoms with van der Waals surface area (Å²) in [6.45, 7) is 6.21. The lowest BCUT2D eigenvalue weighted by molar-refractivity contribution is 0.485. The Hall–Kier alpha value is -1.66. The fourth-order valence-corrected chi connectivity index (χ4v) is 3.34. The summed E-state index contributed by atoms with van der Waals surface area (Å²) in [6, 6.07) is 10.1. The molecule has 1 N–H and O–H groups in total. The third-order valence-corrected chi connectivity index (χ3v) is 4.57. The molecule has 0 aliphatic carbocycles. The molecule has 5 nitrogen and oxygen atoms in total. The van der Waals surface area contributed by atoms with Crippen molar-refractivity contribution in [3.05, 3.63) is 47.8 Å². The Bertz CT molecular complexity index is 678. The summed E-state index contributed by atoms with van der Waals surface area (Å²) in [5, 5.41) is 4.33. The highest BCUT2D eigenvalue weighted by Gasteiger charge is 2.17. The second kappa shape index (κ2) is 5.76. The summed E-state index contributed by atoms with van der Waals surface area (Å²) in [5.74, 6) is 0. The number of rotatable bonds is 5. The summed E-state index contributed by atoms with van der Waals surface area (Å²) in [6.07, 6.45) is 0. The molecule has 0 bridgehead atoms. The highest BCUT2D eigenvalue weighted by atomic mass is 32.2. The van der Waals surface area contributed by atoms with Crippen LogP contribution in [0, 0.1) is 13.8 Å². The number of hydrogen-bond acceptors (Lipinski definition) is 3. The zero-order chi connectivity index (χ0) is 14.8. The molecule has 1 aromatic carbocycles. The molecule has 108 valence electrons. The molecular weight excluding hydrogens is 274 g/mol. The van der Waals surface area contributed by atoms with Crippen molar-refractivity contribution in [2.45, 2.75) is 38.3 Å². The Morgan fingerprint density at radius 2 is 1.90 bits per heavy atom. The molecule has 1 heterocycles. The Labute approximate surface area is 119 Å². The number of benzene rings is 1. The van der Waals surface area contributed by atoms with Crippen LogP contribution in [0.2, 0.25) is 0 Å². The van der Waals surface area contributed by atoms with E-state index < -0.39 is 10.0 Å². The minimum atomic E-state index is -3.48. The molecule has 2 aromatic rings. The number of nitrogens with one attached hydrogen (secondary N) is 1. The average molecular weight is 293 g/mol. The first-order valence-electron chi connectivity index (χ1n) is 6.47. The van der Waals surface area contributed by atoms with Gasteiger partial charge in [-0.05, 0) is 39.0 Å². The molecule has 0 spiro atoms. The molecule has 2 rings (SSSR count). The van der Waals surface area contributed by atoms with Gasteiger partial charge in [0.05, 0.1) is 17.1 Å². The summed E-state index contributed by atoms with van der Waals surface area (Å²) in [5.41, 5.74) is 1.95. The van der Waals surface area contributed by atoms with Gasteiger partial charge in [-0.3, -0.25) is 4.68 Å². The van der Waals surface area contributed by atoms with Crippen LogP contribution in [-0.4, -0.2) is 24.2 Å². The molecule has 6 heteroatoms. The van der Waals surface area contributed by atoms with Gasteiger partial charge in [-0.2, -0.15) is 5.10 Å². The van der Waals surface area contributed by atoms with Crippen LogP contribution in [-0.2, 0) is 16.6 Å². The van der Waals surface area contributed by atoms with E-state index in [9.17, 15) is 8.42 Å². The highest BCUT2D eigenvalue weighted by molar-refractivity contribution is 7.89. The molecule has 0 saturated heterocycles. The van der Waals surface area contributed by atoms with Crippen molar-refractivity contribution in [2.24, 2.45) is 0 Å². The Kier molecular flexibility index (Phi) is 4.25. The normalized spacial score (nSPS) is 13.3. The number of aromatic nitrogens is 2. The van der Waals surface area contributed by atoms with E-state index >= 15 is 0 Å². The molecular formula is C14H19N3O2S. The second-order valence-corrected chi connectivity index (χ2v) is 6.66. The molecule has 0 amide bonds. The maximum absolute atomic E-state index is 12.2. The lowest BCUT2D eigenvalue weighted by Crippen LogP contribution is -2.36. The van der Waals surface area contributed by atoms with Crippen LogP contribution in [0.4, 0.5) is 0 Å². The van der Waals surface area contributed by atoms with E-state index in [-0.39, 0.29) is 10.9 Å². The zero-order valence-corrected chi connectivity index (χ0v) is 12.7. The summed E-state index contributed by atoms with van der Waals surface area (Å²) in [7, 11) is -3.48. The first kappa shape index (κ1) is 14.7.